The van der Waals surface area contributed by atoms with E-state index in [2.05, 4.69) is 25.2 Å². The van der Waals surface area contributed by atoms with Crippen molar-refractivity contribution >= 4 is 33.3 Å². The molecule has 30 heavy (non-hydrogen) atoms. The van der Waals surface area contributed by atoms with Gasteiger partial charge in [0.1, 0.15) is 27.5 Å². The first-order valence-corrected chi connectivity index (χ1v) is 10.7. The van der Waals surface area contributed by atoms with Crippen LogP contribution in [0, 0.1) is 13.8 Å². The number of rotatable bonds is 6. The zero-order valence-corrected chi connectivity index (χ0v) is 18.2. The Morgan fingerprint density at radius 3 is 3.07 bits per heavy atom. The molecule has 1 amide bonds. The zero-order valence-electron chi connectivity index (χ0n) is 17.3. The fraction of sp³-hybridized carbons (Fsp3) is 0.429. The SMILES string of the molecule is COCCNC(=O)c1sc2ncccc2c1C1CN(c2cc(C)nc(C)n2)CCO1. The summed E-state index contributed by atoms with van der Waals surface area (Å²) in [6.07, 6.45) is 1.49. The van der Waals surface area contributed by atoms with Gasteiger partial charge in [0.2, 0.25) is 0 Å². The van der Waals surface area contributed by atoms with Gasteiger partial charge in [0.25, 0.3) is 5.91 Å². The number of thiophene rings is 1. The normalized spacial score (nSPS) is 16.8. The van der Waals surface area contributed by atoms with Gasteiger partial charge in [-0.15, -0.1) is 11.3 Å². The van der Waals surface area contributed by atoms with Gasteiger partial charge in [0, 0.05) is 55.7 Å². The van der Waals surface area contributed by atoms with Gasteiger partial charge in [0.15, 0.2) is 0 Å². The first kappa shape index (κ1) is 20.6. The number of carbonyl (C=O) groups excluding carboxylic acids is 1. The van der Waals surface area contributed by atoms with E-state index in [9.17, 15) is 4.79 Å². The number of methoxy groups -OCH3 is 1. The number of amides is 1. The quantitative estimate of drug-likeness (QED) is 0.605. The molecule has 1 atom stereocenters. The first-order chi connectivity index (χ1) is 14.6. The molecule has 1 unspecified atom stereocenters. The van der Waals surface area contributed by atoms with E-state index >= 15 is 0 Å². The molecule has 0 aromatic carbocycles. The number of hydrogen-bond acceptors (Lipinski definition) is 8. The van der Waals surface area contributed by atoms with Crippen LogP contribution in [-0.2, 0) is 9.47 Å². The number of nitrogens with zero attached hydrogens (tertiary/aromatic N) is 4. The Bertz CT molecular complexity index is 1030. The summed E-state index contributed by atoms with van der Waals surface area (Å²) in [5.41, 5.74) is 1.83. The van der Waals surface area contributed by atoms with Gasteiger partial charge < -0.3 is 19.7 Å². The van der Waals surface area contributed by atoms with Gasteiger partial charge in [-0.1, -0.05) is 6.07 Å². The maximum atomic E-state index is 12.9. The lowest BCUT2D eigenvalue weighted by Crippen LogP contribution is -2.39. The lowest BCUT2D eigenvalue weighted by molar-refractivity contribution is 0.0399. The number of carbonyl (C=O) groups is 1. The van der Waals surface area contributed by atoms with Gasteiger partial charge in [-0.05, 0) is 19.9 Å². The Morgan fingerprint density at radius 1 is 1.40 bits per heavy atom. The number of morpholine rings is 1. The van der Waals surface area contributed by atoms with Crippen LogP contribution in [0.5, 0.6) is 0 Å². The molecule has 1 N–H and O–H groups in total. The van der Waals surface area contributed by atoms with Crippen molar-refractivity contribution in [2.24, 2.45) is 0 Å². The third-order valence-electron chi connectivity index (χ3n) is 4.97. The number of aromatic nitrogens is 3. The van der Waals surface area contributed by atoms with Gasteiger partial charge >= 0.3 is 0 Å². The summed E-state index contributed by atoms with van der Waals surface area (Å²) in [7, 11) is 1.61. The van der Waals surface area contributed by atoms with Crippen molar-refractivity contribution in [3.63, 3.8) is 0 Å². The Morgan fingerprint density at radius 2 is 2.27 bits per heavy atom. The molecule has 0 saturated carbocycles. The number of aryl methyl sites for hydroxylation is 2. The van der Waals surface area contributed by atoms with Crippen LogP contribution in [0.15, 0.2) is 24.4 Å². The first-order valence-electron chi connectivity index (χ1n) is 9.90. The number of ether oxygens (including phenoxy) is 2. The summed E-state index contributed by atoms with van der Waals surface area (Å²) in [6, 6.07) is 5.88. The second-order valence-corrected chi connectivity index (χ2v) is 8.17. The zero-order chi connectivity index (χ0) is 21.1. The summed E-state index contributed by atoms with van der Waals surface area (Å²) in [5.74, 6) is 1.51. The number of fused-ring (bicyclic) bond motifs is 1. The Labute approximate surface area is 179 Å². The number of anilines is 1. The van der Waals surface area contributed by atoms with Gasteiger partial charge in [0.05, 0.1) is 13.2 Å². The molecular weight excluding hydrogens is 402 g/mol. The molecule has 0 aliphatic carbocycles. The summed E-state index contributed by atoms with van der Waals surface area (Å²) in [6.45, 7) is 6.68. The van der Waals surface area contributed by atoms with Crippen molar-refractivity contribution in [3.8, 4) is 0 Å². The summed E-state index contributed by atoms with van der Waals surface area (Å²) in [5, 5.41) is 3.89. The molecule has 0 radical (unpaired) electrons. The third-order valence-corrected chi connectivity index (χ3v) is 6.10. The van der Waals surface area contributed by atoms with Crippen LogP contribution in [0.2, 0.25) is 0 Å². The molecule has 3 aromatic heterocycles. The van der Waals surface area contributed by atoms with E-state index < -0.39 is 0 Å². The van der Waals surface area contributed by atoms with E-state index in [1.54, 1.807) is 13.3 Å². The smallest absolute Gasteiger partial charge is 0.261 e. The molecule has 3 aromatic rings. The van der Waals surface area contributed by atoms with Crippen LogP contribution in [0.3, 0.4) is 0 Å². The average Bonchev–Trinajstić information content (AvgIpc) is 3.13. The molecule has 1 fully saturated rings. The second kappa shape index (κ2) is 9.03. The van der Waals surface area contributed by atoms with Crippen LogP contribution in [-0.4, -0.2) is 60.8 Å². The minimum absolute atomic E-state index is 0.125. The highest BCUT2D eigenvalue weighted by atomic mass is 32.1. The maximum absolute atomic E-state index is 12.9. The predicted molar refractivity (Wildman–Crippen MR) is 116 cm³/mol. The number of pyridine rings is 1. The number of hydrogen-bond donors (Lipinski definition) is 1. The minimum atomic E-state index is -0.254. The van der Waals surface area contributed by atoms with Gasteiger partial charge in [-0.2, -0.15) is 0 Å². The highest BCUT2D eigenvalue weighted by Gasteiger charge is 2.30. The highest BCUT2D eigenvalue weighted by Crippen LogP contribution is 2.37. The summed E-state index contributed by atoms with van der Waals surface area (Å²) < 4.78 is 11.2. The van der Waals surface area contributed by atoms with E-state index in [1.807, 2.05) is 32.0 Å². The van der Waals surface area contributed by atoms with Gasteiger partial charge in [-0.3, -0.25) is 4.79 Å². The maximum Gasteiger partial charge on any atom is 0.261 e. The minimum Gasteiger partial charge on any atom is -0.383 e. The molecule has 0 bridgehead atoms. The lowest BCUT2D eigenvalue weighted by Gasteiger charge is -2.34. The molecule has 1 aliphatic rings. The molecule has 8 nitrogen and oxygen atoms in total. The standard InChI is InChI=1S/C21H25N5O3S/c1-13-11-17(25-14(2)24-13)26-8-10-29-16(12-26)18-15-5-4-6-23-21(15)30-19(18)20(27)22-7-9-28-3/h4-6,11,16H,7-10,12H2,1-3H3,(H,22,27). The molecule has 9 heteroatoms. The number of nitrogens with one attached hydrogen (secondary N) is 1. The van der Waals surface area contributed by atoms with E-state index in [-0.39, 0.29) is 12.0 Å². The lowest BCUT2D eigenvalue weighted by atomic mass is 10.0. The van der Waals surface area contributed by atoms with Crippen molar-refractivity contribution in [3.05, 3.63) is 46.4 Å². The summed E-state index contributed by atoms with van der Waals surface area (Å²) in [4.78, 5) is 30.0. The monoisotopic (exact) mass is 427 g/mol. The van der Waals surface area contributed by atoms with Crippen LogP contribution in [0.25, 0.3) is 10.2 Å². The van der Waals surface area contributed by atoms with Gasteiger partial charge in [-0.25, -0.2) is 15.0 Å². The van der Waals surface area contributed by atoms with E-state index in [0.717, 1.165) is 39.7 Å². The van der Waals surface area contributed by atoms with E-state index in [1.165, 1.54) is 11.3 Å². The van der Waals surface area contributed by atoms with E-state index in [0.29, 0.717) is 31.2 Å². The van der Waals surface area contributed by atoms with Crippen LogP contribution in [0.1, 0.15) is 32.9 Å². The Balaban J connectivity index is 1.67. The molecule has 1 saturated heterocycles. The van der Waals surface area contributed by atoms with Crippen molar-refractivity contribution < 1.29 is 14.3 Å². The van der Waals surface area contributed by atoms with Crippen LogP contribution in [0.4, 0.5) is 5.82 Å². The Hall–Kier alpha value is -2.62. The van der Waals surface area contributed by atoms with Crippen LogP contribution >= 0.6 is 11.3 Å². The fourth-order valence-electron chi connectivity index (χ4n) is 3.68. The molecule has 158 valence electrons. The second-order valence-electron chi connectivity index (χ2n) is 7.17. The molecule has 4 rings (SSSR count). The van der Waals surface area contributed by atoms with Crippen molar-refractivity contribution in [2.75, 3.05) is 44.9 Å². The third kappa shape index (κ3) is 4.28. The van der Waals surface area contributed by atoms with Crippen molar-refractivity contribution in [1.29, 1.82) is 0 Å². The molecule has 4 heterocycles. The topological polar surface area (TPSA) is 89.5 Å². The predicted octanol–water partition coefficient (Wildman–Crippen LogP) is 2.66. The average molecular weight is 428 g/mol. The van der Waals surface area contributed by atoms with E-state index in [4.69, 9.17) is 9.47 Å². The molecule has 1 aliphatic heterocycles. The molecule has 0 spiro atoms. The highest BCUT2D eigenvalue weighted by molar-refractivity contribution is 7.20. The fourth-order valence-corrected chi connectivity index (χ4v) is 4.79. The Kier molecular flexibility index (Phi) is 6.21. The van der Waals surface area contributed by atoms with Crippen LogP contribution < -0.4 is 10.2 Å². The largest absolute Gasteiger partial charge is 0.383 e. The van der Waals surface area contributed by atoms with Crippen molar-refractivity contribution in [1.82, 2.24) is 20.3 Å². The molecular formula is C21H25N5O3S. The van der Waals surface area contributed by atoms with Crippen molar-refractivity contribution in [2.45, 2.75) is 20.0 Å². The summed E-state index contributed by atoms with van der Waals surface area (Å²) >= 11 is 1.40.